The van der Waals surface area contributed by atoms with Crippen LogP contribution in [0.25, 0.3) is 28.0 Å². The summed E-state index contributed by atoms with van der Waals surface area (Å²) in [5, 5.41) is 2.33. The van der Waals surface area contributed by atoms with Crippen LogP contribution in [-0.4, -0.2) is 14.2 Å². The maximum Gasteiger partial charge on any atom is 0.178 e. The molecule has 0 unspecified atom stereocenters. The highest BCUT2D eigenvalue weighted by Gasteiger charge is 2.45. The van der Waals surface area contributed by atoms with Crippen molar-refractivity contribution in [3.63, 3.8) is 0 Å². The van der Waals surface area contributed by atoms with E-state index in [0.717, 1.165) is 43.8 Å². The second-order valence-electron chi connectivity index (χ2n) is 11.5. The Morgan fingerprint density at radius 2 is 1.37 bits per heavy atom. The summed E-state index contributed by atoms with van der Waals surface area (Å²) in [6, 6.07) is 29.6. The Labute approximate surface area is 249 Å². The molecule has 0 saturated heterocycles. The number of hydrogen-bond donors (Lipinski definition) is 0. The first-order chi connectivity index (χ1) is 19.8. The van der Waals surface area contributed by atoms with Gasteiger partial charge in [-0.05, 0) is 77.0 Å². The Hall–Kier alpha value is -4.02. The summed E-state index contributed by atoms with van der Waals surface area (Å²) in [7, 11) is 3.38. The molecule has 0 saturated carbocycles. The summed E-state index contributed by atoms with van der Waals surface area (Å²) in [6.45, 7) is 6.79. The number of benzene rings is 5. The van der Waals surface area contributed by atoms with Crippen LogP contribution in [0.3, 0.4) is 0 Å². The molecule has 0 N–H and O–H groups in total. The zero-order chi connectivity index (χ0) is 28.5. The van der Waals surface area contributed by atoms with Crippen molar-refractivity contribution in [1.29, 1.82) is 0 Å². The molecule has 0 radical (unpaired) electrons. The van der Waals surface area contributed by atoms with Crippen LogP contribution in [-0.2, 0) is 11.0 Å². The van der Waals surface area contributed by atoms with Crippen LogP contribution in [0.5, 0.6) is 17.2 Å². The van der Waals surface area contributed by atoms with Crippen LogP contribution in [0.15, 0.2) is 95.5 Å². The maximum atomic E-state index is 7.37. The third-order valence-electron chi connectivity index (χ3n) is 8.77. The van der Waals surface area contributed by atoms with Gasteiger partial charge in [-0.3, -0.25) is 0 Å². The van der Waals surface area contributed by atoms with Crippen molar-refractivity contribution < 1.29 is 14.2 Å². The quantitative estimate of drug-likeness (QED) is 0.205. The predicted molar refractivity (Wildman–Crippen MR) is 170 cm³/mol. The first-order valence-electron chi connectivity index (χ1n) is 13.9. The van der Waals surface area contributed by atoms with Gasteiger partial charge in [0.05, 0.1) is 14.2 Å². The van der Waals surface area contributed by atoms with E-state index in [2.05, 4.69) is 110 Å². The van der Waals surface area contributed by atoms with Crippen molar-refractivity contribution in [2.45, 2.75) is 31.8 Å². The minimum atomic E-state index is -0.841. The molecule has 1 heterocycles. The molecule has 0 aromatic heterocycles. The van der Waals surface area contributed by atoms with E-state index < -0.39 is 5.60 Å². The standard InChI is InChI=1S/C37H31BrO3/c1-22-9-18-27-30(21-22)35-29(34-32(27)28-7-6-8-31(38)33(28)36(34,2)3)19-20-37(41-35,23-10-14-25(39-4)15-11-23)24-12-16-26(40-5)17-13-24/h6-21H,1-5H3. The first kappa shape index (κ1) is 25.9. The van der Waals surface area contributed by atoms with Crippen LogP contribution in [0.4, 0.5) is 0 Å². The molecule has 3 nitrogen and oxygen atoms in total. The largest absolute Gasteiger partial charge is 0.497 e. The number of aryl methyl sites for hydroxylation is 1. The van der Waals surface area contributed by atoms with Gasteiger partial charge in [-0.1, -0.05) is 89.9 Å². The molecular formula is C37H31BrO3. The summed E-state index contributed by atoms with van der Waals surface area (Å²) >= 11 is 3.89. The highest BCUT2D eigenvalue weighted by Crippen LogP contribution is 2.59. The van der Waals surface area contributed by atoms with Crippen LogP contribution in [0, 0.1) is 6.92 Å². The lowest BCUT2D eigenvalue weighted by molar-refractivity contribution is 0.163. The Kier molecular flexibility index (Phi) is 5.85. The zero-order valence-corrected chi connectivity index (χ0v) is 25.4. The summed E-state index contributed by atoms with van der Waals surface area (Å²) < 4.78 is 19.5. The van der Waals surface area contributed by atoms with Gasteiger partial charge in [0.1, 0.15) is 17.2 Å². The fourth-order valence-corrected chi connectivity index (χ4v) is 7.69. The number of rotatable bonds is 4. The van der Waals surface area contributed by atoms with Gasteiger partial charge in [-0.15, -0.1) is 0 Å². The summed E-state index contributed by atoms with van der Waals surface area (Å²) in [5.74, 6) is 2.53. The smallest absolute Gasteiger partial charge is 0.178 e. The van der Waals surface area contributed by atoms with Crippen molar-refractivity contribution in [1.82, 2.24) is 0 Å². The van der Waals surface area contributed by atoms with Crippen molar-refractivity contribution in [2.75, 3.05) is 14.2 Å². The summed E-state index contributed by atoms with van der Waals surface area (Å²) in [6.07, 6.45) is 4.50. The number of fused-ring (bicyclic) bond motifs is 8. The Balaban J connectivity index is 1.55. The van der Waals surface area contributed by atoms with Crippen LogP contribution in [0.2, 0.25) is 0 Å². The van der Waals surface area contributed by atoms with E-state index in [1.165, 1.54) is 33.2 Å². The fraction of sp³-hybridized carbons (Fsp3) is 0.189. The topological polar surface area (TPSA) is 27.7 Å². The van der Waals surface area contributed by atoms with Gasteiger partial charge in [0.2, 0.25) is 0 Å². The Morgan fingerprint density at radius 1 is 0.732 bits per heavy atom. The highest BCUT2D eigenvalue weighted by molar-refractivity contribution is 9.10. The molecule has 0 atom stereocenters. The van der Waals surface area contributed by atoms with Gasteiger partial charge in [-0.2, -0.15) is 0 Å². The van der Waals surface area contributed by atoms with E-state index in [1.54, 1.807) is 14.2 Å². The third-order valence-corrected chi connectivity index (χ3v) is 9.43. The van der Waals surface area contributed by atoms with Gasteiger partial charge in [-0.25, -0.2) is 0 Å². The molecule has 5 aromatic rings. The third kappa shape index (κ3) is 3.70. The molecule has 0 bridgehead atoms. The molecule has 1 aliphatic heterocycles. The SMILES string of the molecule is COc1ccc(C2(c3ccc(OC)cc3)C=Cc3c4c(c5ccc(C)cc5c3O2)-c2cccc(Br)c2C4(C)C)cc1. The van der Waals surface area contributed by atoms with Crippen molar-refractivity contribution >= 4 is 32.8 Å². The van der Waals surface area contributed by atoms with E-state index in [-0.39, 0.29) is 5.41 Å². The molecule has 2 aliphatic rings. The van der Waals surface area contributed by atoms with Gasteiger partial charge in [0, 0.05) is 32.0 Å². The average molecular weight is 604 g/mol. The van der Waals surface area contributed by atoms with Gasteiger partial charge >= 0.3 is 0 Å². The zero-order valence-electron chi connectivity index (χ0n) is 23.8. The second-order valence-corrected chi connectivity index (χ2v) is 12.3. The van der Waals surface area contributed by atoms with Gasteiger partial charge < -0.3 is 14.2 Å². The molecule has 204 valence electrons. The van der Waals surface area contributed by atoms with Crippen LogP contribution >= 0.6 is 15.9 Å². The van der Waals surface area contributed by atoms with Gasteiger partial charge in [0.15, 0.2) is 5.60 Å². The fourth-order valence-electron chi connectivity index (χ4n) is 6.83. The van der Waals surface area contributed by atoms with Gasteiger partial charge in [0.25, 0.3) is 0 Å². The van der Waals surface area contributed by atoms with E-state index >= 15 is 0 Å². The average Bonchev–Trinajstić information content (AvgIpc) is 3.24. The van der Waals surface area contributed by atoms with Crippen molar-refractivity contribution in [3.8, 4) is 28.4 Å². The Morgan fingerprint density at radius 3 is 1.98 bits per heavy atom. The lowest BCUT2D eigenvalue weighted by Crippen LogP contribution is -2.35. The Bertz CT molecular complexity index is 1820. The normalized spacial score (nSPS) is 15.6. The number of methoxy groups -OCH3 is 2. The molecule has 7 rings (SSSR count). The molecule has 41 heavy (non-hydrogen) atoms. The monoisotopic (exact) mass is 602 g/mol. The summed E-state index contributed by atoms with van der Waals surface area (Å²) in [5.41, 5.74) is 8.54. The molecular weight excluding hydrogens is 572 g/mol. The van der Waals surface area contributed by atoms with E-state index in [9.17, 15) is 0 Å². The predicted octanol–water partition coefficient (Wildman–Crippen LogP) is 9.58. The summed E-state index contributed by atoms with van der Waals surface area (Å²) in [4.78, 5) is 0. The molecule has 0 fully saturated rings. The molecule has 1 aliphatic carbocycles. The molecule has 0 amide bonds. The number of hydrogen-bond acceptors (Lipinski definition) is 3. The van der Waals surface area contributed by atoms with Crippen molar-refractivity contribution in [3.05, 3.63) is 129 Å². The molecule has 5 aromatic carbocycles. The lowest BCUT2D eigenvalue weighted by Gasteiger charge is -2.38. The lowest BCUT2D eigenvalue weighted by atomic mass is 9.76. The maximum absolute atomic E-state index is 7.37. The molecule has 4 heteroatoms. The highest BCUT2D eigenvalue weighted by atomic mass is 79.9. The van der Waals surface area contributed by atoms with Crippen LogP contribution < -0.4 is 14.2 Å². The number of halogens is 1. The number of ether oxygens (including phenoxy) is 3. The van der Waals surface area contributed by atoms with E-state index in [0.29, 0.717) is 0 Å². The van der Waals surface area contributed by atoms with Crippen molar-refractivity contribution in [2.24, 2.45) is 0 Å². The minimum absolute atomic E-state index is 0.220. The van der Waals surface area contributed by atoms with E-state index in [1.807, 2.05) is 24.3 Å². The second kappa shape index (κ2) is 9.25. The molecule has 0 spiro atoms. The van der Waals surface area contributed by atoms with Crippen LogP contribution in [0.1, 0.15) is 47.2 Å². The first-order valence-corrected chi connectivity index (χ1v) is 14.7. The van der Waals surface area contributed by atoms with E-state index in [4.69, 9.17) is 14.2 Å². The minimum Gasteiger partial charge on any atom is -0.497 e.